The fourth-order valence-corrected chi connectivity index (χ4v) is 5.02. The van der Waals surface area contributed by atoms with E-state index in [1.165, 1.54) is 0 Å². The summed E-state index contributed by atoms with van der Waals surface area (Å²) in [6, 6.07) is 15.6. The second-order valence-corrected chi connectivity index (χ2v) is 9.22. The summed E-state index contributed by atoms with van der Waals surface area (Å²) in [4.78, 5) is 10.9. The normalized spacial score (nSPS) is 16.5. The molecule has 0 fully saturated rings. The fourth-order valence-electron chi connectivity index (χ4n) is 4.84. The molecule has 0 unspecified atom stereocenters. The molecule has 4 aromatic rings. The number of benzene rings is 2. The number of aliphatic carboxylic acids is 1. The van der Waals surface area contributed by atoms with Crippen LogP contribution >= 0.6 is 11.6 Å². The number of hydrogen-bond acceptors (Lipinski definition) is 6. The minimum atomic E-state index is -0.932. The van der Waals surface area contributed by atoms with Crippen LogP contribution in [0.1, 0.15) is 47.6 Å². The first-order valence-corrected chi connectivity index (χ1v) is 12.3. The minimum absolute atomic E-state index is 0.149. The summed E-state index contributed by atoms with van der Waals surface area (Å²) < 4.78 is 22.0. The van der Waals surface area contributed by atoms with Crippen LogP contribution in [0.2, 0.25) is 5.02 Å². The van der Waals surface area contributed by atoms with Crippen LogP contribution in [0.5, 0.6) is 11.5 Å². The largest absolute Gasteiger partial charge is 0.493 e. The number of rotatable bonds is 9. The van der Waals surface area contributed by atoms with E-state index < -0.39 is 12.1 Å². The number of carboxylic acids is 1. The van der Waals surface area contributed by atoms with Gasteiger partial charge in [0.05, 0.1) is 43.8 Å². The topological polar surface area (TPSA) is 101 Å². The van der Waals surface area contributed by atoms with E-state index in [9.17, 15) is 4.79 Å². The van der Waals surface area contributed by atoms with Gasteiger partial charge in [-0.3, -0.25) is 9.48 Å². The zero-order valence-corrected chi connectivity index (χ0v) is 21.3. The highest BCUT2D eigenvalue weighted by atomic mass is 35.5. The van der Waals surface area contributed by atoms with Crippen molar-refractivity contribution in [3.05, 3.63) is 88.5 Å². The Morgan fingerprint density at radius 3 is 2.78 bits per heavy atom. The average Bonchev–Trinajstić information content (AvgIpc) is 3.52. The van der Waals surface area contributed by atoms with Crippen molar-refractivity contribution in [2.24, 2.45) is 0 Å². The molecule has 0 amide bonds. The Hall–Kier alpha value is -3.82. The molecule has 0 saturated carbocycles. The molecule has 1 aliphatic heterocycles. The lowest BCUT2D eigenvalue weighted by atomic mass is 9.98. The third kappa shape index (κ3) is 5.05. The molecule has 0 aliphatic carbocycles. The van der Waals surface area contributed by atoms with Crippen molar-refractivity contribution in [3.63, 3.8) is 0 Å². The molecule has 0 saturated heterocycles. The van der Waals surface area contributed by atoms with Gasteiger partial charge in [0.15, 0.2) is 11.5 Å². The monoisotopic (exact) mass is 522 g/mol. The van der Waals surface area contributed by atoms with Gasteiger partial charge in [0.1, 0.15) is 6.10 Å². The fraction of sp³-hybridized carbons (Fsp3) is 0.296. The van der Waals surface area contributed by atoms with Crippen molar-refractivity contribution in [1.82, 2.24) is 19.6 Å². The molecule has 1 N–H and O–H groups in total. The molecule has 3 heterocycles. The molecule has 10 heteroatoms. The Balaban J connectivity index is 1.48. The van der Waals surface area contributed by atoms with Gasteiger partial charge < -0.3 is 23.9 Å². The standard InChI is InChI=1S/C27H27ClN4O5/c1-35-24-8-3-6-19(27(24)36-2)26-20-14-17(28)10-11-21(20)32-13-4-7-22(32)23(37-26)9-5-12-31-16-18(29-30-31)15-25(33)34/h3-4,6-8,10-11,13-14,16,23,26H,5,9,12,15H2,1-2H3,(H,33,34)/t23-,26-/m1/s1. The third-order valence-electron chi connectivity index (χ3n) is 6.43. The van der Waals surface area contributed by atoms with Gasteiger partial charge in [-0.05, 0) is 49.2 Å². The molecule has 37 heavy (non-hydrogen) atoms. The van der Waals surface area contributed by atoms with Gasteiger partial charge in [-0.15, -0.1) is 5.10 Å². The summed E-state index contributed by atoms with van der Waals surface area (Å²) in [6.07, 6.45) is 4.28. The number of carbonyl (C=O) groups is 1. The second-order valence-electron chi connectivity index (χ2n) is 8.78. The predicted octanol–water partition coefficient (Wildman–Crippen LogP) is 5.01. The number of halogens is 1. The zero-order valence-electron chi connectivity index (χ0n) is 20.5. The quantitative estimate of drug-likeness (QED) is 0.330. The highest BCUT2D eigenvalue weighted by molar-refractivity contribution is 6.30. The lowest BCUT2D eigenvalue weighted by Crippen LogP contribution is -2.13. The number of methoxy groups -OCH3 is 2. The van der Waals surface area contributed by atoms with Gasteiger partial charge in [0, 0.05) is 35.1 Å². The van der Waals surface area contributed by atoms with Gasteiger partial charge in [0.25, 0.3) is 0 Å². The van der Waals surface area contributed by atoms with Crippen LogP contribution in [0, 0.1) is 0 Å². The molecule has 5 rings (SSSR count). The maximum atomic E-state index is 10.9. The number of hydrogen-bond donors (Lipinski definition) is 1. The number of aromatic nitrogens is 4. The SMILES string of the molecule is COc1cccc([C@H]2O[C@H](CCCn3cc(CC(=O)O)nn3)c3cccn3-c3ccc(Cl)cc32)c1OC. The summed E-state index contributed by atoms with van der Waals surface area (Å²) in [5.74, 6) is 0.300. The Kier molecular flexibility index (Phi) is 7.16. The number of fused-ring (bicyclic) bond motifs is 3. The molecule has 2 aromatic heterocycles. The Bertz CT molecular complexity index is 1420. The van der Waals surface area contributed by atoms with Crippen molar-refractivity contribution in [3.8, 4) is 17.2 Å². The number of para-hydroxylation sites is 1. The first-order valence-electron chi connectivity index (χ1n) is 11.9. The van der Waals surface area contributed by atoms with E-state index in [4.69, 9.17) is 30.9 Å². The van der Waals surface area contributed by atoms with Gasteiger partial charge >= 0.3 is 5.97 Å². The number of carboxylic acid groups (broad SMARTS) is 1. The molecule has 0 radical (unpaired) electrons. The number of nitrogens with zero attached hydrogens (tertiary/aromatic N) is 4. The maximum absolute atomic E-state index is 10.9. The van der Waals surface area contributed by atoms with E-state index >= 15 is 0 Å². The van der Waals surface area contributed by atoms with Crippen LogP contribution in [0.25, 0.3) is 5.69 Å². The first-order chi connectivity index (χ1) is 18.0. The van der Waals surface area contributed by atoms with Gasteiger partial charge in [0.2, 0.25) is 0 Å². The van der Waals surface area contributed by atoms with Crippen molar-refractivity contribution >= 4 is 17.6 Å². The summed E-state index contributed by atoms with van der Waals surface area (Å²) in [5, 5.41) is 17.6. The van der Waals surface area contributed by atoms with E-state index in [0.717, 1.165) is 28.9 Å². The zero-order chi connectivity index (χ0) is 25.9. The summed E-state index contributed by atoms with van der Waals surface area (Å²) in [6.45, 7) is 0.582. The van der Waals surface area contributed by atoms with Crippen molar-refractivity contribution in [2.45, 2.75) is 38.0 Å². The smallest absolute Gasteiger partial charge is 0.309 e. The lowest BCUT2D eigenvalue weighted by Gasteiger charge is -2.25. The van der Waals surface area contributed by atoms with Gasteiger partial charge in [-0.1, -0.05) is 28.9 Å². The van der Waals surface area contributed by atoms with Crippen LogP contribution < -0.4 is 9.47 Å². The third-order valence-corrected chi connectivity index (χ3v) is 6.67. The molecule has 2 atom stereocenters. The van der Waals surface area contributed by atoms with E-state index in [-0.39, 0.29) is 12.5 Å². The highest BCUT2D eigenvalue weighted by Crippen LogP contribution is 2.46. The summed E-state index contributed by atoms with van der Waals surface area (Å²) >= 11 is 6.46. The predicted molar refractivity (Wildman–Crippen MR) is 137 cm³/mol. The maximum Gasteiger partial charge on any atom is 0.309 e. The minimum Gasteiger partial charge on any atom is -0.493 e. The number of ether oxygens (including phenoxy) is 3. The average molecular weight is 523 g/mol. The molecule has 9 nitrogen and oxygen atoms in total. The molecular weight excluding hydrogens is 496 g/mol. The summed E-state index contributed by atoms with van der Waals surface area (Å²) in [7, 11) is 3.23. The Morgan fingerprint density at radius 2 is 2.00 bits per heavy atom. The molecule has 1 aliphatic rings. The van der Waals surface area contributed by atoms with E-state index in [1.807, 2.05) is 48.7 Å². The lowest BCUT2D eigenvalue weighted by molar-refractivity contribution is -0.136. The van der Waals surface area contributed by atoms with Crippen LogP contribution in [0.15, 0.2) is 60.9 Å². The van der Waals surface area contributed by atoms with E-state index in [0.29, 0.717) is 35.2 Å². The van der Waals surface area contributed by atoms with Crippen LogP contribution in [-0.4, -0.2) is 44.9 Å². The second kappa shape index (κ2) is 10.7. The molecular formula is C27H27ClN4O5. The summed E-state index contributed by atoms with van der Waals surface area (Å²) in [5.41, 5.74) is 4.21. The Labute approximate surface area is 219 Å². The van der Waals surface area contributed by atoms with Crippen molar-refractivity contribution < 1.29 is 24.1 Å². The molecule has 0 spiro atoms. The molecule has 2 aromatic carbocycles. The van der Waals surface area contributed by atoms with Crippen LogP contribution in [0.4, 0.5) is 0 Å². The molecule has 0 bridgehead atoms. The van der Waals surface area contributed by atoms with Gasteiger partial charge in [-0.2, -0.15) is 0 Å². The van der Waals surface area contributed by atoms with Crippen molar-refractivity contribution in [1.29, 1.82) is 0 Å². The van der Waals surface area contributed by atoms with E-state index in [1.54, 1.807) is 25.1 Å². The number of aryl methyl sites for hydroxylation is 1. The Morgan fingerprint density at radius 1 is 1.14 bits per heavy atom. The molecule has 192 valence electrons. The van der Waals surface area contributed by atoms with Gasteiger partial charge in [-0.25, -0.2) is 0 Å². The van der Waals surface area contributed by atoms with Crippen LogP contribution in [-0.2, 0) is 22.5 Å². The first kappa shape index (κ1) is 24.9. The highest BCUT2D eigenvalue weighted by Gasteiger charge is 2.32. The van der Waals surface area contributed by atoms with E-state index in [2.05, 4.69) is 20.9 Å². The van der Waals surface area contributed by atoms with Crippen molar-refractivity contribution in [2.75, 3.05) is 14.2 Å². The van der Waals surface area contributed by atoms with Crippen LogP contribution in [0.3, 0.4) is 0 Å².